The van der Waals surface area contributed by atoms with Gasteiger partial charge in [0.15, 0.2) is 0 Å². The summed E-state index contributed by atoms with van der Waals surface area (Å²) in [5.74, 6) is 1.22. The Bertz CT molecular complexity index is 8990. The zero-order valence-corrected chi connectivity index (χ0v) is 77.8. The molecule has 12 aromatic heterocycles. The molecular formula is C111H87F3N20O9. The maximum atomic E-state index is 13.8. The number of aromatic amines is 1. The number of nitrogens with one attached hydrogen (secondary N) is 4. The summed E-state index contributed by atoms with van der Waals surface area (Å²) in [5, 5.41) is 29.6. The molecule has 13 heterocycles. The number of anilines is 5. The number of aromatic nitrogens is 14. The Kier molecular flexibility index (Phi) is 26.1. The van der Waals surface area contributed by atoms with E-state index in [0.717, 1.165) is 157 Å². The highest BCUT2D eigenvalue weighted by molar-refractivity contribution is 6.11. The molecule has 29 nitrogen and oxygen atoms in total. The Hall–Kier alpha value is -19.0. The monoisotopic (exact) mass is 1900 g/mol. The summed E-state index contributed by atoms with van der Waals surface area (Å²) in [6, 6.07) is 58.3. The van der Waals surface area contributed by atoms with Crippen LogP contribution in [0.4, 0.5) is 41.7 Å². The highest BCUT2D eigenvalue weighted by Crippen LogP contribution is 2.42. The van der Waals surface area contributed by atoms with Crippen LogP contribution in [0.5, 0.6) is 0 Å². The van der Waals surface area contributed by atoms with Crippen LogP contribution >= 0.6 is 0 Å². The fraction of sp³-hybridized carbons (Fsp3) is 0.0991. The highest BCUT2D eigenvalue weighted by atomic mass is 19.4. The Morgan fingerprint density at radius 3 is 1.31 bits per heavy atom. The van der Waals surface area contributed by atoms with Crippen LogP contribution in [0.1, 0.15) is 33.5 Å². The predicted molar refractivity (Wildman–Crippen MR) is 554 cm³/mol. The van der Waals surface area contributed by atoms with Gasteiger partial charge in [0, 0.05) is 181 Å². The molecule has 1 aliphatic rings. The van der Waals surface area contributed by atoms with Crippen molar-refractivity contribution in [1.29, 1.82) is 0 Å². The van der Waals surface area contributed by atoms with Gasteiger partial charge in [-0.25, -0.2) is 4.98 Å². The lowest BCUT2D eigenvalue weighted by atomic mass is 9.98. The Balaban J connectivity index is 0.000000126. The van der Waals surface area contributed by atoms with Crippen molar-refractivity contribution in [2.45, 2.75) is 40.3 Å². The number of carbonyl (C=O) groups is 4. The van der Waals surface area contributed by atoms with Crippen LogP contribution < -0.4 is 48.8 Å². The Morgan fingerprint density at radius 2 is 0.916 bits per heavy atom. The first-order valence-corrected chi connectivity index (χ1v) is 44.9. The Morgan fingerprint density at radius 1 is 0.497 bits per heavy atom. The zero-order chi connectivity index (χ0) is 100. The zero-order valence-electron chi connectivity index (χ0n) is 77.8. The molecule has 0 unspecified atom stereocenters. The Labute approximate surface area is 812 Å². The van der Waals surface area contributed by atoms with Gasteiger partial charge in [-0.05, 0) is 231 Å². The number of nitrogen functional groups attached to an aromatic ring is 1. The minimum Gasteiger partial charge on any atom is -0.384 e. The van der Waals surface area contributed by atoms with Crippen molar-refractivity contribution in [2.75, 3.05) is 53.3 Å². The van der Waals surface area contributed by atoms with E-state index < -0.39 is 17.6 Å². The van der Waals surface area contributed by atoms with Gasteiger partial charge in [-0.2, -0.15) is 23.4 Å². The van der Waals surface area contributed by atoms with Crippen LogP contribution in [-0.4, -0.2) is 124 Å². The number of nitrogens with two attached hydrogens (primary N) is 1. The molecule has 32 heteroatoms. The summed E-state index contributed by atoms with van der Waals surface area (Å²) in [6.45, 7) is 19.7. The number of alkyl halides is 3. The molecular weight excluding hydrogens is 1810 g/mol. The van der Waals surface area contributed by atoms with E-state index in [0.29, 0.717) is 81.3 Å². The van der Waals surface area contributed by atoms with Crippen molar-refractivity contribution in [2.24, 2.45) is 7.05 Å². The summed E-state index contributed by atoms with van der Waals surface area (Å²) in [7, 11) is 3.79. The van der Waals surface area contributed by atoms with E-state index >= 15 is 0 Å². The molecule has 0 fully saturated rings. The summed E-state index contributed by atoms with van der Waals surface area (Å²) >= 11 is 0. The molecule has 0 spiro atoms. The summed E-state index contributed by atoms with van der Waals surface area (Å²) in [4.78, 5) is 127. The second-order valence-electron chi connectivity index (χ2n) is 34.0. The number of pyridine rings is 9. The fourth-order valence-electron chi connectivity index (χ4n) is 17.4. The molecule has 0 aliphatic carbocycles. The topological polar surface area (TPSA) is 362 Å². The quantitative estimate of drug-likeness (QED) is 0.0303. The molecule has 0 radical (unpaired) electrons. The number of benzene rings is 8. The largest absolute Gasteiger partial charge is 0.417 e. The van der Waals surface area contributed by atoms with Crippen LogP contribution in [0.3, 0.4) is 0 Å². The number of carbonyl (C=O) groups excluding carboxylic acids is 4. The number of halogens is 3. The van der Waals surface area contributed by atoms with E-state index in [1.54, 1.807) is 146 Å². The number of fused-ring (bicyclic) bond motifs is 13. The number of nitrogens with zero attached hydrogens (tertiary/aromatic N) is 15. The van der Waals surface area contributed by atoms with Gasteiger partial charge < -0.3 is 31.1 Å². The first kappa shape index (κ1) is 94.3. The van der Waals surface area contributed by atoms with Gasteiger partial charge >= 0.3 is 6.18 Å². The van der Waals surface area contributed by atoms with Gasteiger partial charge in [0.25, 0.3) is 28.1 Å². The average molecular weight is 1900 g/mol. The number of terminal acetylenes is 1. The van der Waals surface area contributed by atoms with Crippen molar-refractivity contribution in [3.63, 3.8) is 0 Å². The molecule has 4 amide bonds. The van der Waals surface area contributed by atoms with Gasteiger partial charge in [-0.1, -0.05) is 85.4 Å². The summed E-state index contributed by atoms with van der Waals surface area (Å²) < 4.78 is 54.7. The number of hydrogen-bond donors (Lipinski definition) is 5. The summed E-state index contributed by atoms with van der Waals surface area (Å²) in [6.07, 6.45) is 25.2. The van der Waals surface area contributed by atoms with Gasteiger partial charge in [0.05, 0.1) is 97.6 Å². The van der Waals surface area contributed by atoms with E-state index in [9.17, 15) is 51.5 Å². The molecule has 143 heavy (non-hydrogen) atoms. The van der Waals surface area contributed by atoms with E-state index in [4.69, 9.17) is 16.7 Å². The molecule has 8 aromatic carbocycles. The molecule has 1 aliphatic heterocycles. The molecule has 0 atom stereocenters. The number of rotatable bonds is 18. The fourth-order valence-corrected chi connectivity index (χ4v) is 17.4. The molecule has 706 valence electrons. The third-order valence-electron chi connectivity index (χ3n) is 24.7. The molecule has 0 bridgehead atoms. The van der Waals surface area contributed by atoms with Crippen molar-refractivity contribution in [1.82, 2.24) is 73.2 Å². The SMILES string of the molecule is C#CCN(C)C/C=C/C(=O)N1CCc2ccc(-n3c(=O)ccc4cnc5ccc(-c6cnn(C)c6)cc5c43)cc21.C=CC(=O)Nc1cc(-n2c(=O)ccc3cnc4ccc(-c5cn[nH]c5C)cc4c32)ccc1C.C=CC(=O)Nc1cc(-n2c(=O)ccc3cnc4ccc(-c5cnc(N)cc5C(F)(F)F)cc4c32)ccc1C.C=CC(=O)Nc1cc(-n2c(=O)ccc3cnc4ccc(-c5cnoc5)cc4c32)ccc1C. The molecule has 6 N–H and O–H groups in total. The third-order valence-corrected chi connectivity index (χ3v) is 24.7. The van der Waals surface area contributed by atoms with E-state index in [-0.39, 0.29) is 56.9 Å². The van der Waals surface area contributed by atoms with Crippen LogP contribution in [0, 0.1) is 40.0 Å². The third kappa shape index (κ3) is 19.2. The number of aryl methyl sites for hydroxylation is 5. The smallest absolute Gasteiger partial charge is 0.384 e. The van der Waals surface area contributed by atoms with Crippen LogP contribution in [-0.2, 0) is 38.8 Å². The maximum Gasteiger partial charge on any atom is 0.417 e. The van der Waals surface area contributed by atoms with Crippen LogP contribution in [0.2, 0.25) is 0 Å². The standard InChI is InChI=1S/C32H28N6O2.C28H20F3N5O2.C26H21N5O2.C25H18N4O3/c1-4-14-35(2)15-5-6-30(39)37-16-13-22-7-10-26(18-29(22)37)38-31(40)12-9-24-19-33-28-11-8-23(17-27(28)32(24)38)25-20-34-36(3)21-25;1-3-25(37)35-23-11-18(7-4-15(23)2)36-26(38)9-6-17-13-33-22-8-5-16(10-19(22)27(17)36)20-14-34-24(32)12-21(20)28(29,30)31;1-4-24(32)29-23-12-19(8-5-15(23)2)31-25(33)10-7-18-13-27-22-9-6-17(11-20(22)26(18)31)21-14-28-30-16(21)3;1-3-23(30)28-22-11-19(7-4-15(22)2)29-24(31)9-6-17-12-26-21-8-5-16(10-20(21)25(17)29)18-13-27-32-14-18/h1,5-12,17-21H,13-16H2,2-3H3;3-14H,1H2,2H3,(H2,32,34)(H,35,37);4-14H,1H2,2-3H3,(H,28,30)(H,29,32);3-14H,1H2,2H3,(H,28,30)/b6-5+;;;. The first-order valence-electron chi connectivity index (χ1n) is 44.9. The van der Waals surface area contributed by atoms with Gasteiger partial charge in [0.2, 0.25) is 17.7 Å². The second kappa shape index (κ2) is 39.6. The van der Waals surface area contributed by atoms with E-state index in [1.165, 1.54) is 41.0 Å². The first-order chi connectivity index (χ1) is 69.0. The van der Waals surface area contributed by atoms with Crippen molar-refractivity contribution < 1.29 is 36.9 Å². The van der Waals surface area contributed by atoms with Crippen molar-refractivity contribution in [3.05, 3.63) is 387 Å². The number of hydrogen-bond acceptors (Lipinski definition) is 19. The maximum absolute atomic E-state index is 13.8. The lowest BCUT2D eigenvalue weighted by molar-refractivity contribution is -0.137. The summed E-state index contributed by atoms with van der Waals surface area (Å²) in [5.41, 5.74) is 24.5. The average Bonchev–Trinajstić information content (AvgIpc) is 1.61. The molecule has 0 saturated heterocycles. The normalized spacial score (nSPS) is 11.7. The van der Waals surface area contributed by atoms with Gasteiger partial charge in [-0.3, -0.25) is 91.2 Å². The number of likely N-dealkylation sites (N-methyl/N-ethyl adjacent to an activating group) is 1. The van der Waals surface area contributed by atoms with Crippen molar-refractivity contribution in [3.8, 4) is 79.6 Å². The number of H-pyrrole nitrogens is 1. The predicted octanol–water partition coefficient (Wildman–Crippen LogP) is 18.9. The lowest BCUT2D eigenvalue weighted by Crippen LogP contribution is -2.27. The lowest BCUT2D eigenvalue weighted by Gasteiger charge is -2.18. The van der Waals surface area contributed by atoms with E-state index in [2.05, 4.69) is 93.0 Å². The van der Waals surface area contributed by atoms with Crippen LogP contribution in [0.15, 0.2) is 336 Å². The van der Waals surface area contributed by atoms with E-state index in [1.807, 2.05) is 155 Å². The highest BCUT2D eigenvalue weighted by Gasteiger charge is 2.35. The molecule has 0 saturated carbocycles. The minimum absolute atomic E-state index is 0.0916. The second-order valence-corrected chi connectivity index (χ2v) is 34.0. The van der Waals surface area contributed by atoms with Gasteiger partial charge in [0.1, 0.15) is 12.1 Å². The molecule has 20 aromatic rings. The van der Waals surface area contributed by atoms with Crippen LogP contribution in [0.25, 0.3) is 154 Å². The van der Waals surface area contributed by atoms with Gasteiger partial charge in [-0.15, -0.1) is 6.42 Å². The number of amides is 4. The van der Waals surface area contributed by atoms with Crippen molar-refractivity contribution >= 4 is 139 Å². The minimum atomic E-state index is -4.66. The molecule has 21 rings (SSSR count).